The van der Waals surface area contributed by atoms with Crippen molar-refractivity contribution in [2.75, 3.05) is 6.61 Å². The van der Waals surface area contributed by atoms with Crippen LogP contribution in [0.2, 0.25) is 0 Å². The van der Waals surface area contributed by atoms with Gasteiger partial charge < -0.3 is 9.47 Å². The van der Waals surface area contributed by atoms with Gasteiger partial charge in [-0.05, 0) is 70.1 Å². The fourth-order valence-corrected chi connectivity index (χ4v) is 3.64. The minimum atomic E-state index is -0.598. The molecule has 0 aliphatic heterocycles. The Kier molecular flexibility index (Phi) is 7.79. The fourth-order valence-electron chi connectivity index (χ4n) is 3.48. The van der Waals surface area contributed by atoms with E-state index in [0.29, 0.717) is 17.8 Å². The van der Waals surface area contributed by atoms with Gasteiger partial charge in [0.25, 0.3) is 0 Å². The summed E-state index contributed by atoms with van der Waals surface area (Å²) in [6.07, 6.45) is 5.15. The highest BCUT2D eigenvalue weighted by Gasteiger charge is 2.39. The molecule has 0 amide bonds. The van der Waals surface area contributed by atoms with Crippen molar-refractivity contribution in [2.24, 2.45) is 17.3 Å². The second-order valence-corrected chi connectivity index (χ2v) is 11.5. The number of halogens is 1. The van der Waals surface area contributed by atoms with Gasteiger partial charge in [0, 0.05) is 0 Å². The number of ether oxygens (including phenoxy) is 2. The Hall–Kier alpha value is -0.330. The van der Waals surface area contributed by atoms with Crippen molar-refractivity contribution >= 4 is 34.5 Å². The molecule has 25 heavy (non-hydrogen) atoms. The van der Waals surface area contributed by atoms with Crippen molar-refractivity contribution in [3.05, 3.63) is 0 Å². The molecule has 1 saturated carbocycles. The zero-order valence-corrected chi connectivity index (χ0v) is 19.1. The van der Waals surface area contributed by atoms with Gasteiger partial charge in [-0.1, -0.05) is 50.3 Å². The molecule has 0 saturated heterocycles. The Labute approximate surface area is 166 Å². The van der Waals surface area contributed by atoms with E-state index in [4.69, 9.17) is 9.47 Å². The summed E-state index contributed by atoms with van der Waals surface area (Å²) in [4.78, 5) is 24.1. The van der Waals surface area contributed by atoms with E-state index in [0.717, 1.165) is 18.8 Å². The number of carbonyl (C=O) groups is 2. The Balaban J connectivity index is 2.50. The quantitative estimate of drug-likeness (QED) is 0.303. The first-order chi connectivity index (χ1) is 11.3. The summed E-state index contributed by atoms with van der Waals surface area (Å²) >= 11 is 2.06. The van der Waals surface area contributed by atoms with Crippen molar-refractivity contribution in [3.63, 3.8) is 0 Å². The lowest BCUT2D eigenvalue weighted by Gasteiger charge is -2.42. The van der Waals surface area contributed by atoms with Gasteiger partial charge in [-0.2, -0.15) is 0 Å². The Morgan fingerprint density at radius 2 is 1.44 bits per heavy atom. The lowest BCUT2D eigenvalue weighted by Crippen LogP contribution is -2.41. The lowest BCUT2D eigenvalue weighted by molar-refractivity contribution is -0.173. The van der Waals surface area contributed by atoms with E-state index < -0.39 is 15.0 Å². The van der Waals surface area contributed by atoms with Gasteiger partial charge in [-0.3, -0.25) is 4.79 Å². The van der Waals surface area contributed by atoms with Crippen LogP contribution in [0.25, 0.3) is 0 Å². The van der Waals surface area contributed by atoms with Crippen LogP contribution >= 0.6 is 22.6 Å². The molecule has 5 heteroatoms. The van der Waals surface area contributed by atoms with Crippen LogP contribution in [-0.4, -0.2) is 27.6 Å². The molecule has 0 bridgehead atoms. The summed E-state index contributed by atoms with van der Waals surface area (Å²) in [5.74, 6) is 0.262. The highest BCUT2D eigenvalue weighted by atomic mass is 127. The standard InChI is InChI=1S/C20H35IO4/c1-8-20(7,21)17(23)24-13-16(22)25-19(5,6)15-11-9-14(10-12-15)18(2,3)4/h14-15H,8-13H2,1-7H3. The highest BCUT2D eigenvalue weighted by Crippen LogP contribution is 2.43. The predicted molar refractivity (Wildman–Crippen MR) is 109 cm³/mol. The normalized spacial score (nSPS) is 24.3. The number of hydrogen-bond acceptors (Lipinski definition) is 4. The minimum absolute atomic E-state index is 0.307. The molecule has 0 aromatic carbocycles. The molecule has 1 unspecified atom stereocenters. The van der Waals surface area contributed by atoms with E-state index in [1.165, 1.54) is 12.8 Å². The van der Waals surface area contributed by atoms with E-state index in [9.17, 15) is 9.59 Å². The van der Waals surface area contributed by atoms with Crippen LogP contribution < -0.4 is 0 Å². The van der Waals surface area contributed by atoms with Crippen LogP contribution in [-0.2, 0) is 19.1 Å². The molecule has 1 atom stereocenters. The zero-order chi connectivity index (χ0) is 19.5. The summed E-state index contributed by atoms with van der Waals surface area (Å²) in [6, 6.07) is 0. The topological polar surface area (TPSA) is 52.6 Å². The predicted octanol–water partition coefficient (Wildman–Crippen LogP) is 5.31. The number of carbonyl (C=O) groups excluding carboxylic acids is 2. The monoisotopic (exact) mass is 466 g/mol. The summed E-state index contributed by atoms with van der Waals surface area (Å²) < 4.78 is 10.2. The average molecular weight is 466 g/mol. The van der Waals surface area contributed by atoms with Crippen molar-refractivity contribution in [3.8, 4) is 0 Å². The lowest BCUT2D eigenvalue weighted by atomic mass is 9.67. The maximum absolute atomic E-state index is 12.1. The molecule has 0 aromatic rings. The van der Waals surface area contributed by atoms with E-state index in [1.807, 2.05) is 20.8 Å². The van der Waals surface area contributed by atoms with Crippen molar-refractivity contribution in [1.29, 1.82) is 0 Å². The van der Waals surface area contributed by atoms with Gasteiger partial charge in [0.15, 0.2) is 6.61 Å². The van der Waals surface area contributed by atoms with Crippen LogP contribution in [0.1, 0.15) is 80.6 Å². The van der Waals surface area contributed by atoms with Crippen LogP contribution in [0.15, 0.2) is 0 Å². The largest absolute Gasteiger partial charge is 0.457 e. The molecule has 1 aliphatic rings. The number of hydrogen-bond donors (Lipinski definition) is 0. The summed E-state index contributed by atoms with van der Waals surface area (Å²) in [5, 5.41) is 0. The third-order valence-electron chi connectivity index (χ3n) is 5.72. The smallest absolute Gasteiger partial charge is 0.344 e. The number of alkyl halides is 1. The first-order valence-corrected chi connectivity index (χ1v) is 10.5. The molecule has 1 aliphatic carbocycles. The molecule has 146 valence electrons. The number of rotatable bonds is 6. The van der Waals surface area contributed by atoms with E-state index >= 15 is 0 Å². The van der Waals surface area contributed by atoms with Gasteiger partial charge in [0.05, 0.1) is 0 Å². The second kappa shape index (κ2) is 8.57. The minimum Gasteiger partial charge on any atom is -0.457 e. The van der Waals surface area contributed by atoms with Crippen LogP contribution in [0.5, 0.6) is 0 Å². The van der Waals surface area contributed by atoms with Gasteiger partial charge >= 0.3 is 11.9 Å². The average Bonchev–Trinajstić information content (AvgIpc) is 2.51. The Bertz CT molecular complexity index is 469. The van der Waals surface area contributed by atoms with Crippen LogP contribution in [0, 0.1) is 17.3 Å². The molecular weight excluding hydrogens is 431 g/mol. The van der Waals surface area contributed by atoms with Crippen LogP contribution in [0.3, 0.4) is 0 Å². The fraction of sp³-hybridized carbons (Fsp3) is 0.900. The van der Waals surface area contributed by atoms with Gasteiger partial charge in [-0.15, -0.1) is 0 Å². The number of esters is 2. The van der Waals surface area contributed by atoms with Crippen molar-refractivity contribution in [1.82, 2.24) is 0 Å². The molecule has 1 fully saturated rings. The molecule has 0 radical (unpaired) electrons. The van der Waals surface area contributed by atoms with E-state index in [1.54, 1.807) is 6.92 Å². The summed E-state index contributed by atoms with van der Waals surface area (Å²) in [7, 11) is 0. The first-order valence-electron chi connectivity index (χ1n) is 9.37. The van der Waals surface area contributed by atoms with Crippen molar-refractivity contribution in [2.45, 2.75) is 89.6 Å². The summed E-state index contributed by atoms with van der Waals surface area (Å²) in [6.45, 7) is 14.3. The molecule has 0 spiro atoms. The SMILES string of the molecule is CCC(C)(I)C(=O)OCC(=O)OC(C)(C)C1CCC(C(C)(C)C)CC1. The van der Waals surface area contributed by atoms with Gasteiger partial charge in [0.1, 0.15) is 9.02 Å². The summed E-state index contributed by atoms with van der Waals surface area (Å²) in [5.41, 5.74) is -0.184. The second-order valence-electron chi connectivity index (χ2n) is 9.12. The van der Waals surface area contributed by atoms with Gasteiger partial charge in [0.2, 0.25) is 0 Å². The van der Waals surface area contributed by atoms with E-state index in [2.05, 4.69) is 43.4 Å². The molecule has 0 aromatic heterocycles. The highest BCUT2D eigenvalue weighted by molar-refractivity contribution is 14.1. The van der Waals surface area contributed by atoms with Crippen LogP contribution in [0.4, 0.5) is 0 Å². The van der Waals surface area contributed by atoms with Gasteiger partial charge in [-0.25, -0.2) is 4.79 Å². The zero-order valence-electron chi connectivity index (χ0n) is 16.9. The molecular formula is C20H35IO4. The maximum atomic E-state index is 12.1. The molecule has 4 nitrogen and oxygen atoms in total. The Morgan fingerprint density at radius 3 is 1.88 bits per heavy atom. The third kappa shape index (κ3) is 6.72. The third-order valence-corrected chi connectivity index (χ3v) is 6.93. The van der Waals surface area contributed by atoms with Crippen molar-refractivity contribution < 1.29 is 19.1 Å². The maximum Gasteiger partial charge on any atom is 0.344 e. The van der Waals surface area contributed by atoms with E-state index in [-0.39, 0.29) is 12.6 Å². The molecule has 0 N–H and O–H groups in total. The molecule has 0 heterocycles. The molecule has 1 rings (SSSR count). The first kappa shape index (κ1) is 22.7. The Morgan fingerprint density at radius 1 is 0.960 bits per heavy atom.